The van der Waals surface area contributed by atoms with Gasteiger partial charge < -0.3 is 25.9 Å². The zero-order valence-electron chi connectivity index (χ0n) is 9.93. The molecule has 5 nitrogen and oxygen atoms in total. The van der Waals surface area contributed by atoms with Crippen molar-refractivity contribution in [2.45, 2.75) is 12.6 Å². The Morgan fingerprint density at radius 2 is 2.33 bits per heavy atom. The van der Waals surface area contributed by atoms with Crippen LogP contribution >= 0.6 is 0 Å². The van der Waals surface area contributed by atoms with Gasteiger partial charge in [0, 0.05) is 18.8 Å². The number of benzene rings is 1. The van der Waals surface area contributed by atoms with Crippen LogP contribution in [0.2, 0.25) is 0 Å². The lowest BCUT2D eigenvalue weighted by molar-refractivity contribution is -0.111. The maximum absolute atomic E-state index is 13.6. The molecule has 0 saturated carbocycles. The van der Waals surface area contributed by atoms with E-state index in [9.17, 15) is 9.18 Å². The summed E-state index contributed by atoms with van der Waals surface area (Å²) in [5.41, 5.74) is 12.6. The molecular formula is C12H16FN3O2. The summed E-state index contributed by atoms with van der Waals surface area (Å²) in [6.45, 7) is 1.57. The minimum absolute atomic E-state index is 0.0649. The first-order valence-electron chi connectivity index (χ1n) is 5.75. The fraction of sp³-hybridized carbons (Fsp3) is 0.417. The molecule has 1 unspecified atom stereocenters. The van der Waals surface area contributed by atoms with E-state index in [0.717, 1.165) is 11.8 Å². The van der Waals surface area contributed by atoms with E-state index in [1.165, 1.54) is 12.1 Å². The van der Waals surface area contributed by atoms with Crippen molar-refractivity contribution in [3.05, 3.63) is 23.5 Å². The number of carbonyl (C=O) groups is 1. The lowest BCUT2D eigenvalue weighted by Crippen LogP contribution is -2.47. The molecule has 98 valence electrons. The van der Waals surface area contributed by atoms with Gasteiger partial charge in [0.1, 0.15) is 18.1 Å². The number of carbonyl (C=O) groups excluding carboxylic acids is 1. The third kappa shape index (κ3) is 2.30. The zero-order valence-corrected chi connectivity index (χ0v) is 9.93. The highest BCUT2D eigenvalue weighted by Crippen LogP contribution is 2.28. The number of aldehydes is 1. The number of morpholine rings is 1. The monoisotopic (exact) mass is 253 g/mol. The molecule has 0 aromatic heterocycles. The summed E-state index contributed by atoms with van der Waals surface area (Å²) in [7, 11) is 0. The van der Waals surface area contributed by atoms with Crippen molar-refractivity contribution in [2.24, 2.45) is 5.73 Å². The fourth-order valence-electron chi connectivity index (χ4n) is 2.09. The van der Waals surface area contributed by atoms with Crippen LogP contribution in [0.15, 0.2) is 12.1 Å². The van der Waals surface area contributed by atoms with E-state index in [4.69, 9.17) is 16.2 Å². The lowest BCUT2D eigenvalue weighted by atomic mass is 10.1. The van der Waals surface area contributed by atoms with Gasteiger partial charge in [0.2, 0.25) is 0 Å². The molecule has 1 fully saturated rings. The molecule has 1 aromatic carbocycles. The number of ether oxygens (including phenoxy) is 1. The highest BCUT2D eigenvalue weighted by molar-refractivity contribution is 5.70. The minimum atomic E-state index is -0.502. The first kappa shape index (κ1) is 12.8. The standard InChI is InChI=1S/C12H16FN3O2/c13-10-4-12(8(5-14)3-11(10)15)16-1-2-18-7-9(16)6-17/h3-4,6,9H,1-2,5,7,14-15H2. The summed E-state index contributed by atoms with van der Waals surface area (Å²) >= 11 is 0. The molecule has 4 N–H and O–H groups in total. The highest BCUT2D eigenvalue weighted by atomic mass is 19.1. The number of nitrogen functional groups attached to an aromatic ring is 1. The van der Waals surface area contributed by atoms with Crippen LogP contribution in [-0.4, -0.2) is 32.1 Å². The van der Waals surface area contributed by atoms with E-state index < -0.39 is 11.9 Å². The second-order valence-electron chi connectivity index (χ2n) is 4.18. The van der Waals surface area contributed by atoms with Gasteiger partial charge in [0.05, 0.1) is 18.9 Å². The Hall–Kier alpha value is -1.66. The first-order chi connectivity index (χ1) is 8.67. The second-order valence-corrected chi connectivity index (χ2v) is 4.18. The quantitative estimate of drug-likeness (QED) is 0.597. The van der Waals surface area contributed by atoms with Gasteiger partial charge in [-0.3, -0.25) is 0 Å². The molecule has 1 aromatic rings. The number of rotatable bonds is 3. The molecule has 0 aliphatic carbocycles. The van der Waals surface area contributed by atoms with Crippen molar-refractivity contribution < 1.29 is 13.9 Å². The molecule has 1 atom stereocenters. The predicted octanol–water partition coefficient (Wildman–Crippen LogP) is 0.271. The average Bonchev–Trinajstić information content (AvgIpc) is 2.41. The SMILES string of the molecule is NCc1cc(N)c(F)cc1N1CCOCC1C=O. The number of nitrogens with two attached hydrogens (primary N) is 2. The summed E-state index contributed by atoms with van der Waals surface area (Å²) in [5, 5.41) is 0. The molecule has 1 saturated heterocycles. The van der Waals surface area contributed by atoms with Crippen LogP contribution in [0.4, 0.5) is 15.8 Å². The first-order valence-corrected chi connectivity index (χ1v) is 5.75. The number of hydrogen-bond donors (Lipinski definition) is 2. The molecular weight excluding hydrogens is 237 g/mol. The number of nitrogens with zero attached hydrogens (tertiary/aromatic N) is 1. The summed E-state index contributed by atoms with van der Waals surface area (Å²) in [6, 6.07) is 2.44. The Bertz CT molecular complexity index is 453. The lowest BCUT2D eigenvalue weighted by Gasteiger charge is -2.35. The number of halogens is 1. The van der Waals surface area contributed by atoms with Gasteiger partial charge in [0.15, 0.2) is 0 Å². The number of hydrogen-bond acceptors (Lipinski definition) is 5. The van der Waals surface area contributed by atoms with Crippen LogP contribution in [0.1, 0.15) is 5.56 Å². The van der Waals surface area contributed by atoms with Crippen molar-refractivity contribution in [1.82, 2.24) is 0 Å². The Morgan fingerprint density at radius 1 is 1.56 bits per heavy atom. The molecule has 1 aliphatic heterocycles. The van der Waals surface area contributed by atoms with Gasteiger partial charge in [-0.2, -0.15) is 0 Å². The summed E-state index contributed by atoms with van der Waals surface area (Å²) < 4.78 is 18.8. The van der Waals surface area contributed by atoms with Crippen molar-refractivity contribution >= 4 is 17.7 Å². The maximum atomic E-state index is 13.6. The van der Waals surface area contributed by atoms with Gasteiger partial charge in [0.25, 0.3) is 0 Å². The van der Waals surface area contributed by atoms with E-state index in [1.807, 2.05) is 0 Å². The van der Waals surface area contributed by atoms with Gasteiger partial charge in [-0.25, -0.2) is 4.39 Å². The highest BCUT2D eigenvalue weighted by Gasteiger charge is 2.25. The third-order valence-corrected chi connectivity index (χ3v) is 3.05. The summed E-state index contributed by atoms with van der Waals surface area (Å²) in [4.78, 5) is 12.8. The minimum Gasteiger partial charge on any atom is -0.396 e. The molecule has 6 heteroatoms. The van der Waals surface area contributed by atoms with E-state index in [-0.39, 0.29) is 12.2 Å². The molecule has 0 radical (unpaired) electrons. The van der Waals surface area contributed by atoms with Gasteiger partial charge in [-0.1, -0.05) is 0 Å². The van der Waals surface area contributed by atoms with Crippen LogP contribution in [0, 0.1) is 5.82 Å². The van der Waals surface area contributed by atoms with E-state index >= 15 is 0 Å². The Labute approximate surface area is 104 Å². The smallest absolute Gasteiger partial charge is 0.148 e. The predicted molar refractivity (Wildman–Crippen MR) is 66.7 cm³/mol. The maximum Gasteiger partial charge on any atom is 0.148 e. The van der Waals surface area contributed by atoms with Gasteiger partial charge in [-0.15, -0.1) is 0 Å². The molecule has 18 heavy (non-hydrogen) atoms. The van der Waals surface area contributed by atoms with Crippen LogP contribution in [0.5, 0.6) is 0 Å². The van der Waals surface area contributed by atoms with Crippen LogP contribution in [0.25, 0.3) is 0 Å². The molecule has 0 spiro atoms. The van der Waals surface area contributed by atoms with Crippen LogP contribution in [-0.2, 0) is 16.1 Å². The summed E-state index contributed by atoms with van der Waals surface area (Å²) in [5.74, 6) is -0.502. The Morgan fingerprint density at radius 3 is 3.00 bits per heavy atom. The molecule has 0 bridgehead atoms. The van der Waals surface area contributed by atoms with Crippen molar-refractivity contribution in [2.75, 3.05) is 30.4 Å². The zero-order chi connectivity index (χ0) is 13.1. The van der Waals surface area contributed by atoms with E-state index in [2.05, 4.69) is 0 Å². The van der Waals surface area contributed by atoms with Crippen molar-refractivity contribution in [1.29, 1.82) is 0 Å². The topological polar surface area (TPSA) is 81.6 Å². The van der Waals surface area contributed by atoms with Gasteiger partial charge in [-0.05, 0) is 17.7 Å². The van der Waals surface area contributed by atoms with Gasteiger partial charge >= 0.3 is 0 Å². The largest absolute Gasteiger partial charge is 0.396 e. The van der Waals surface area contributed by atoms with E-state index in [1.54, 1.807) is 4.90 Å². The van der Waals surface area contributed by atoms with Crippen molar-refractivity contribution in [3.8, 4) is 0 Å². The average molecular weight is 253 g/mol. The summed E-state index contributed by atoms with van der Waals surface area (Å²) in [6.07, 6.45) is 0.799. The molecule has 0 amide bonds. The molecule has 1 aliphatic rings. The third-order valence-electron chi connectivity index (χ3n) is 3.05. The normalized spacial score (nSPS) is 19.9. The second kappa shape index (κ2) is 5.32. The van der Waals surface area contributed by atoms with Crippen LogP contribution in [0.3, 0.4) is 0 Å². The Kier molecular flexibility index (Phi) is 3.78. The van der Waals surface area contributed by atoms with E-state index in [0.29, 0.717) is 25.4 Å². The van der Waals surface area contributed by atoms with Crippen LogP contribution < -0.4 is 16.4 Å². The Balaban J connectivity index is 2.41. The molecule has 1 heterocycles. The molecule has 2 rings (SSSR count). The fourth-order valence-corrected chi connectivity index (χ4v) is 2.09. The number of anilines is 2. The van der Waals surface area contributed by atoms with Crippen molar-refractivity contribution in [3.63, 3.8) is 0 Å².